The summed E-state index contributed by atoms with van der Waals surface area (Å²) in [6.45, 7) is 5.27. The van der Waals surface area contributed by atoms with Crippen molar-refractivity contribution >= 4 is 11.9 Å². The second-order valence-corrected chi connectivity index (χ2v) is 11.5. The van der Waals surface area contributed by atoms with E-state index in [0.717, 1.165) is 50.0 Å². The number of nitrogens with zero attached hydrogens (tertiary/aromatic N) is 4. The number of aromatic nitrogens is 1. The van der Waals surface area contributed by atoms with Crippen molar-refractivity contribution in [2.24, 2.45) is 5.92 Å². The average molecular weight is 583 g/mol. The van der Waals surface area contributed by atoms with Crippen LogP contribution in [0.5, 0.6) is 17.2 Å². The van der Waals surface area contributed by atoms with E-state index in [0.29, 0.717) is 43.2 Å². The van der Waals surface area contributed by atoms with Crippen molar-refractivity contribution < 1.29 is 28.9 Å². The number of aliphatic carboxylic acids is 1. The Balaban J connectivity index is 1.59. The zero-order valence-corrected chi connectivity index (χ0v) is 25.5. The minimum Gasteiger partial charge on any atom is -0.493 e. The molecule has 2 aliphatic rings. The molecule has 1 N–H and O–H groups in total. The van der Waals surface area contributed by atoms with Gasteiger partial charge in [-0.2, -0.15) is 0 Å². The molecule has 0 radical (unpaired) electrons. The topological polar surface area (TPSA) is 105 Å². The highest BCUT2D eigenvalue weighted by atomic mass is 16.7. The third-order valence-corrected chi connectivity index (χ3v) is 8.32. The fraction of sp³-hybridized carbons (Fsp3) is 0.594. The summed E-state index contributed by atoms with van der Waals surface area (Å²) in [5, 5.41) is 10.6. The van der Waals surface area contributed by atoms with E-state index in [2.05, 4.69) is 35.8 Å². The van der Waals surface area contributed by atoms with Crippen LogP contribution in [0.25, 0.3) is 0 Å². The summed E-state index contributed by atoms with van der Waals surface area (Å²) >= 11 is 0. The first kappa shape index (κ1) is 31.6. The van der Waals surface area contributed by atoms with Crippen LogP contribution in [0, 0.1) is 5.92 Å². The van der Waals surface area contributed by atoms with Crippen LogP contribution < -0.4 is 14.2 Å². The van der Waals surface area contributed by atoms with Crippen LogP contribution in [0.1, 0.15) is 56.2 Å². The lowest BCUT2D eigenvalue weighted by atomic mass is 9.83. The van der Waals surface area contributed by atoms with E-state index >= 15 is 0 Å². The number of benzene rings is 1. The molecule has 0 spiro atoms. The molecular formula is C32H46N4O6. The van der Waals surface area contributed by atoms with Gasteiger partial charge in [0.05, 0.1) is 19.6 Å². The predicted molar refractivity (Wildman–Crippen MR) is 160 cm³/mol. The van der Waals surface area contributed by atoms with E-state index in [9.17, 15) is 14.7 Å². The molecular weight excluding hydrogens is 536 g/mol. The van der Waals surface area contributed by atoms with Crippen LogP contribution in [0.4, 0.5) is 0 Å². The number of amides is 1. The van der Waals surface area contributed by atoms with Gasteiger partial charge in [0.25, 0.3) is 0 Å². The molecule has 0 bridgehead atoms. The SMILES string of the molecule is CCCCN(CCCCN(C)C)C(=O)CN1C[C@H](c2cc(OC)c3c(c2)OCO3)[C@@H](C(=O)O)[C@@H]1CCc1ccccn1. The largest absolute Gasteiger partial charge is 0.493 e. The van der Waals surface area contributed by atoms with Crippen LogP contribution in [-0.2, 0) is 16.0 Å². The highest BCUT2D eigenvalue weighted by Crippen LogP contribution is 2.47. The number of pyridine rings is 1. The molecule has 10 heteroatoms. The van der Waals surface area contributed by atoms with Crippen molar-refractivity contribution in [1.29, 1.82) is 0 Å². The summed E-state index contributed by atoms with van der Waals surface area (Å²) in [5.74, 6) is -0.268. The molecule has 0 unspecified atom stereocenters. The number of likely N-dealkylation sites (tertiary alicyclic amines) is 1. The molecule has 10 nitrogen and oxygen atoms in total. The number of unbranched alkanes of at least 4 members (excludes halogenated alkanes) is 2. The summed E-state index contributed by atoms with van der Waals surface area (Å²) in [6, 6.07) is 9.16. The van der Waals surface area contributed by atoms with Gasteiger partial charge in [0.15, 0.2) is 11.5 Å². The first-order chi connectivity index (χ1) is 20.3. The molecule has 0 aliphatic carbocycles. The zero-order chi connectivity index (χ0) is 30.1. The Kier molecular flexibility index (Phi) is 11.4. The lowest BCUT2D eigenvalue weighted by Gasteiger charge is -2.30. The van der Waals surface area contributed by atoms with Gasteiger partial charge in [0.1, 0.15) is 0 Å². The van der Waals surface area contributed by atoms with Crippen molar-refractivity contribution in [3.8, 4) is 17.2 Å². The van der Waals surface area contributed by atoms with Gasteiger partial charge in [-0.25, -0.2) is 0 Å². The van der Waals surface area contributed by atoms with Gasteiger partial charge in [-0.3, -0.25) is 19.5 Å². The number of aryl methyl sites for hydroxylation is 1. The van der Waals surface area contributed by atoms with Crippen molar-refractivity contribution in [2.75, 3.05) is 60.7 Å². The number of carbonyl (C=O) groups is 2. The summed E-state index contributed by atoms with van der Waals surface area (Å²) < 4.78 is 16.8. The first-order valence-corrected chi connectivity index (χ1v) is 15.1. The van der Waals surface area contributed by atoms with Gasteiger partial charge < -0.3 is 29.1 Å². The van der Waals surface area contributed by atoms with E-state index in [4.69, 9.17) is 14.2 Å². The minimum absolute atomic E-state index is 0.0594. The van der Waals surface area contributed by atoms with Crippen LogP contribution in [0.3, 0.4) is 0 Å². The second-order valence-electron chi connectivity index (χ2n) is 11.5. The second kappa shape index (κ2) is 15.2. The maximum Gasteiger partial charge on any atom is 0.308 e. The normalized spacial score (nSPS) is 19.8. The Hall–Kier alpha value is -3.37. The summed E-state index contributed by atoms with van der Waals surface area (Å²) in [4.78, 5) is 37.4. The summed E-state index contributed by atoms with van der Waals surface area (Å²) in [6.07, 6.45) is 6.87. The number of ether oxygens (including phenoxy) is 3. The molecule has 2 aromatic rings. The fourth-order valence-corrected chi connectivity index (χ4v) is 6.11. The third-order valence-electron chi connectivity index (χ3n) is 8.32. The van der Waals surface area contributed by atoms with Gasteiger partial charge in [0, 0.05) is 43.5 Å². The van der Waals surface area contributed by atoms with Crippen LogP contribution in [0.2, 0.25) is 0 Å². The lowest BCUT2D eigenvalue weighted by molar-refractivity contribution is -0.143. The van der Waals surface area contributed by atoms with Gasteiger partial charge in [-0.1, -0.05) is 19.4 Å². The average Bonchev–Trinajstić information content (AvgIpc) is 3.60. The number of hydrogen-bond acceptors (Lipinski definition) is 8. The molecule has 4 rings (SSSR count). The van der Waals surface area contributed by atoms with Gasteiger partial charge in [-0.05, 0) is 82.6 Å². The van der Waals surface area contributed by atoms with Crippen molar-refractivity contribution in [1.82, 2.24) is 19.7 Å². The molecule has 1 aromatic heterocycles. The highest BCUT2D eigenvalue weighted by molar-refractivity contribution is 5.79. The number of carbonyl (C=O) groups excluding carboxylic acids is 1. The van der Waals surface area contributed by atoms with E-state index in [1.807, 2.05) is 35.2 Å². The molecule has 1 amide bonds. The summed E-state index contributed by atoms with van der Waals surface area (Å²) in [7, 11) is 5.68. The molecule has 1 saturated heterocycles. The Labute approximate surface area is 249 Å². The Morgan fingerprint density at radius 2 is 1.90 bits per heavy atom. The summed E-state index contributed by atoms with van der Waals surface area (Å²) in [5.41, 5.74) is 1.72. The molecule has 1 fully saturated rings. The van der Waals surface area contributed by atoms with Gasteiger partial charge in [0.2, 0.25) is 18.4 Å². The van der Waals surface area contributed by atoms with Crippen molar-refractivity contribution in [3.05, 3.63) is 47.8 Å². The zero-order valence-electron chi connectivity index (χ0n) is 25.5. The Morgan fingerprint density at radius 1 is 1.12 bits per heavy atom. The predicted octanol–water partition coefficient (Wildman–Crippen LogP) is 3.89. The number of methoxy groups -OCH3 is 1. The van der Waals surface area contributed by atoms with E-state index in [1.54, 1.807) is 13.3 Å². The number of carboxylic acids is 1. The van der Waals surface area contributed by atoms with Crippen LogP contribution in [-0.4, -0.2) is 103 Å². The van der Waals surface area contributed by atoms with E-state index in [-0.39, 0.29) is 31.2 Å². The van der Waals surface area contributed by atoms with Crippen LogP contribution >= 0.6 is 0 Å². The number of rotatable bonds is 16. The first-order valence-electron chi connectivity index (χ1n) is 15.1. The molecule has 0 saturated carbocycles. The number of fused-ring (bicyclic) bond motifs is 1. The lowest BCUT2D eigenvalue weighted by Crippen LogP contribution is -2.45. The molecule has 2 aliphatic heterocycles. The van der Waals surface area contributed by atoms with Gasteiger partial charge in [-0.15, -0.1) is 0 Å². The maximum absolute atomic E-state index is 13.8. The smallest absolute Gasteiger partial charge is 0.308 e. The third kappa shape index (κ3) is 7.92. The van der Waals surface area contributed by atoms with Gasteiger partial charge >= 0.3 is 5.97 Å². The molecule has 1 aromatic carbocycles. The minimum atomic E-state index is -0.871. The van der Waals surface area contributed by atoms with Crippen molar-refractivity contribution in [2.45, 2.75) is 57.4 Å². The van der Waals surface area contributed by atoms with E-state index in [1.165, 1.54) is 0 Å². The molecule has 3 atom stereocenters. The molecule has 3 heterocycles. The Morgan fingerprint density at radius 3 is 2.60 bits per heavy atom. The Bertz CT molecular complexity index is 1180. The number of hydrogen-bond donors (Lipinski definition) is 1. The fourth-order valence-electron chi connectivity index (χ4n) is 6.11. The maximum atomic E-state index is 13.8. The molecule has 42 heavy (non-hydrogen) atoms. The van der Waals surface area contributed by atoms with Crippen molar-refractivity contribution in [3.63, 3.8) is 0 Å². The van der Waals surface area contributed by atoms with Crippen LogP contribution in [0.15, 0.2) is 36.5 Å². The highest BCUT2D eigenvalue weighted by Gasteiger charge is 2.47. The van der Waals surface area contributed by atoms with E-state index < -0.39 is 11.9 Å². The monoisotopic (exact) mass is 582 g/mol. The standard InChI is InChI=1S/C32H46N4O6/c1-5-6-16-35(17-10-9-15-34(2)3)29(37)21-36-20-25(23-18-27(40-4)31-28(19-23)41-22-42-31)30(32(38)39)26(36)13-12-24-11-7-8-14-33-24/h7-8,11,14,18-19,25-26,30H,5-6,9-10,12-13,15-17,20-22H2,1-4H3,(H,38,39)/t25-,26+,30-/m1/s1. The number of carboxylic acid groups (broad SMARTS) is 1. The molecule has 230 valence electrons. The quantitative estimate of drug-likeness (QED) is 0.295.